The molecule has 0 unspecified atom stereocenters. The molecule has 16 heavy (non-hydrogen) atoms. The van der Waals surface area contributed by atoms with Crippen LogP contribution in [0.4, 0.5) is 0 Å². The highest BCUT2D eigenvalue weighted by Gasteiger charge is 2.11. The third kappa shape index (κ3) is 11.2. The highest BCUT2D eigenvalue weighted by molar-refractivity contribution is 8.03. The van der Waals surface area contributed by atoms with Gasteiger partial charge in [0.15, 0.2) is 0 Å². The first-order valence-corrected chi connectivity index (χ1v) is 12.3. The molecule has 0 atom stereocenters. The van der Waals surface area contributed by atoms with Crippen LogP contribution < -0.4 is 0 Å². The third-order valence-corrected chi connectivity index (χ3v) is 5.46. The van der Waals surface area contributed by atoms with Crippen LogP contribution in [0, 0.1) is 0 Å². The van der Waals surface area contributed by atoms with Gasteiger partial charge in [-0.25, -0.2) is 0 Å². The number of unbranched alkanes of at least 4 members (excludes halogenated alkanes) is 1. The minimum atomic E-state index is -1.03. The summed E-state index contributed by atoms with van der Waals surface area (Å²) in [6.45, 7) is 9.58. The van der Waals surface area contributed by atoms with Crippen molar-refractivity contribution in [3.05, 3.63) is 10.6 Å². The number of rotatable bonds is 9. The molecule has 0 aromatic rings. The first kappa shape index (κ1) is 16.7. The Morgan fingerprint density at radius 2 is 1.81 bits per heavy atom. The highest BCUT2D eigenvalue weighted by atomic mass is 32.2. The lowest BCUT2D eigenvalue weighted by Crippen LogP contribution is -2.16. The third-order valence-electron chi connectivity index (χ3n) is 2.15. The standard InChI is InChI=1S/C13H28S2Si/c1-6-7-9-13(12-16(3,4)5)15-11-8-10-14-2/h12H,6-11H2,1-5H3/b13-12-. The molecule has 0 aromatic heterocycles. The summed E-state index contributed by atoms with van der Waals surface area (Å²) >= 11 is 4.07. The average molecular weight is 277 g/mol. The first-order chi connectivity index (χ1) is 7.49. The van der Waals surface area contributed by atoms with Crippen molar-refractivity contribution in [2.24, 2.45) is 0 Å². The fourth-order valence-corrected chi connectivity index (χ4v) is 5.39. The van der Waals surface area contributed by atoms with E-state index in [1.165, 1.54) is 37.2 Å². The van der Waals surface area contributed by atoms with E-state index in [1.54, 1.807) is 4.91 Å². The van der Waals surface area contributed by atoms with E-state index in [4.69, 9.17) is 0 Å². The van der Waals surface area contributed by atoms with Gasteiger partial charge in [-0.1, -0.05) is 38.7 Å². The van der Waals surface area contributed by atoms with Gasteiger partial charge in [-0.05, 0) is 41.9 Å². The number of thioether (sulfide) groups is 2. The van der Waals surface area contributed by atoms with Gasteiger partial charge in [-0.15, -0.1) is 11.8 Å². The van der Waals surface area contributed by atoms with E-state index >= 15 is 0 Å². The van der Waals surface area contributed by atoms with Crippen molar-refractivity contribution in [2.75, 3.05) is 17.8 Å². The summed E-state index contributed by atoms with van der Waals surface area (Å²) in [6.07, 6.45) is 7.52. The lowest BCUT2D eigenvalue weighted by molar-refractivity contribution is 0.809. The molecule has 0 spiro atoms. The Kier molecular flexibility index (Phi) is 10.1. The smallest absolute Gasteiger partial charge is 0.0697 e. The Bertz CT molecular complexity index is 195. The van der Waals surface area contributed by atoms with Crippen molar-refractivity contribution in [1.82, 2.24) is 0 Å². The summed E-state index contributed by atoms with van der Waals surface area (Å²) in [6, 6.07) is 0. The van der Waals surface area contributed by atoms with Crippen molar-refractivity contribution in [3.8, 4) is 0 Å². The van der Waals surface area contributed by atoms with E-state index in [0.717, 1.165) is 0 Å². The molecule has 3 heteroatoms. The first-order valence-electron chi connectivity index (χ1n) is 6.33. The molecular weight excluding hydrogens is 248 g/mol. The summed E-state index contributed by atoms with van der Waals surface area (Å²) in [4.78, 5) is 1.67. The molecule has 0 aliphatic heterocycles. The summed E-state index contributed by atoms with van der Waals surface area (Å²) < 4.78 is 0. The monoisotopic (exact) mass is 276 g/mol. The van der Waals surface area contributed by atoms with Gasteiger partial charge in [0.25, 0.3) is 0 Å². The molecule has 0 N–H and O–H groups in total. The summed E-state index contributed by atoms with van der Waals surface area (Å²) in [5.41, 5.74) is 2.60. The summed E-state index contributed by atoms with van der Waals surface area (Å²) in [5, 5.41) is 0. The van der Waals surface area contributed by atoms with Gasteiger partial charge in [-0.2, -0.15) is 11.8 Å². The van der Waals surface area contributed by atoms with Crippen LogP contribution in [0.2, 0.25) is 19.6 Å². The lowest BCUT2D eigenvalue weighted by Gasteiger charge is -2.14. The van der Waals surface area contributed by atoms with Crippen LogP contribution in [0.1, 0.15) is 32.6 Å². The Labute approximate surface area is 112 Å². The van der Waals surface area contributed by atoms with Crippen LogP contribution in [0.3, 0.4) is 0 Å². The zero-order valence-corrected chi connectivity index (χ0v) is 14.3. The zero-order valence-electron chi connectivity index (χ0n) is 11.6. The van der Waals surface area contributed by atoms with E-state index in [2.05, 4.69) is 50.3 Å². The Morgan fingerprint density at radius 3 is 2.31 bits per heavy atom. The van der Waals surface area contributed by atoms with Crippen LogP contribution in [-0.4, -0.2) is 25.8 Å². The van der Waals surface area contributed by atoms with Crippen LogP contribution in [0.5, 0.6) is 0 Å². The van der Waals surface area contributed by atoms with Gasteiger partial charge < -0.3 is 0 Å². The Morgan fingerprint density at radius 1 is 1.12 bits per heavy atom. The molecule has 0 bridgehead atoms. The normalized spacial score (nSPS) is 13.2. The number of hydrogen-bond donors (Lipinski definition) is 0. The van der Waals surface area contributed by atoms with Crippen LogP contribution >= 0.6 is 23.5 Å². The zero-order chi connectivity index (χ0) is 12.4. The number of hydrogen-bond acceptors (Lipinski definition) is 2. The van der Waals surface area contributed by atoms with E-state index in [-0.39, 0.29) is 0 Å². The van der Waals surface area contributed by atoms with Gasteiger partial charge in [-0.3, -0.25) is 0 Å². The summed E-state index contributed by atoms with van der Waals surface area (Å²) in [7, 11) is -1.03. The van der Waals surface area contributed by atoms with Crippen molar-refractivity contribution in [3.63, 3.8) is 0 Å². The molecular formula is C13H28S2Si. The molecule has 0 rings (SSSR count). The highest BCUT2D eigenvalue weighted by Crippen LogP contribution is 2.25. The molecule has 0 saturated heterocycles. The molecule has 0 saturated carbocycles. The van der Waals surface area contributed by atoms with E-state index < -0.39 is 8.07 Å². The average Bonchev–Trinajstić information content (AvgIpc) is 2.18. The lowest BCUT2D eigenvalue weighted by atomic mass is 10.2. The molecule has 96 valence electrons. The van der Waals surface area contributed by atoms with E-state index in [1.807, 2.05) is 11.8 Å². The van der Waals surface area contributed by atoms with Crippen LogP contribution in [0.25, 0.3) is 0 Å². The second-order valence-corrected chi connectivity index (χ2v) is 12.5. The Balaban J connectivity index is 4.05. The summed E-state index contributed by atoms with van der Waals surface area (Å²) in [5.74, 6) is 2.61. The quantitative estimate of drug-likeness (QED) is 0.407. The molecule has 0 amide bonds. The molecule has 0 radical (unpaired) electrons. The Hall–Kier alpha value is 0.657. The molecule has 0 aromatic carbocycles. The van der Waals surface area contributed by atoms with Gasteiger partial charge in [0.2, 0.25) is 0 Å². The molecule has 0 heterocycles. The van der Waals surface area contributed by atoms with Crippen molar-refractivity contribution in [2.45, 2.75) is 52.2 Å². The molecule has 0 fully saturated rings. The topological polar surface area (TPSA) is 0 Å². The van der Waals surface area contributed by atoms with Gasteiger partial charge >= 0.3 is 0 Å². The molecule has 0 aliphatic carbocycles. The minimum Gasteiger partial charge on any atom is -0.165 e. The number of allylic oxidation sites excluding steroid dienone is 1. The van der Waals surface area contributed by atoms with Crippen molar-refractivity contribution in [1.29, 1.82) is 0 Å². The van der Waals surface area contributed by atoms with Gasteiger partial charge in [0, 0.05) is 0 Å². The van der Waals surface area contributed by atoms with E-state index in [0.29, 0.717) is 0 Å². The maximum Gasteiger partial charge on any atom is 0.0697 e. The van der Waals surface area contributed by atoms with E-state index in [9.17, 15) is 0 Å². The minimum absolute atomic E-state index is 1.03. The van der Waals surface area contributed by atoms with Gasteiger partial charge in [0.05, 0.1) is 8.07 Å². The molecule has 0 aliphatic rings. The second kappa shape index (κ2) is 9.66. The molecule has 0 nitrogen and oxygen atoms in total. The maximum absolute atomic E-state index is 2.60. The maximum atomic E-state index is 2.60. The van der Waals surface area contributed by atoms with Gasteiger partial charge in [0.1, 0.15) is 0 Å². The fraction of sp³-hybridized carbons (Fsp3) is 0.846. The van der Waals surface area contributed by atoms with Crippen LogP contribution in [-0.2, 0) is 0 Å². The predicted octanol–water partition coefficient (Wildman–Crippen LogP) is 5.42. The SMILES string of the molecule is CCCC/C(=C/[Si](C)(C)C)SCCCSC. The van der Waals surface area contributed by atoms with Crippen molar-refractivity contribution < 1.29 is 0 Å². The van der Waals surface area contributed by atoms with Crippen molar-refractivity contribution >= 4 is 31.6 Å². The van der Waals surface area contributed by atoms with Crippen LogP contribution in [0.15, 0.2) is 10.6 Å². The largest absolute Gasteiger partial charge is 0.165 e. The fourth-order valence-electron chi connectivity index (χ4n) is 1.43. The predicted molar refractivity (Wildman–Crippen MR) is 86.4 cm³/mol. The second-order valence-electron chi connectivity index (χ2n) is 5.28.